The van der Waals surface area contributed by atoms with Crippen LogP contribution in [-0.2, 0) is 11.3 Å². The molecule has 3 unspecified atom stereocenters. The highest BCUT2D eigenvalue weighted by Crippen LogP contribution is 2.42. The Morgan fingerprint density at radius 1 is 1.26 bits per heavy atom. The van der Waals surface area contributed by atoms with E-state index in [0.717, 1.165) is 11.5 Å². The molecule has 1 aromatic carbocycles. The first-order chi connectivity index (χ1) is 9.33. The van der Waals surface area contributed by atoms with Gasteiger partial charge in [0.1, 0.15) is 0 Å². The number of nitrogens with one attached hydrogen (secondary N) is 2. The van der Waals surface area contributed by atoms with E-state index in [9.17, 15) is 4.79 Å². The third kappa shape index (κ3) is 2.87. The molecular weight excluding hydrogens is 236 g/mol. The molecule has 3 nitrogen and oxygen atoms in total. The van der Waals surface area contributed by atoms with E-state index in [4.69, 9.17) is 0 Å². The molecule has 3 rings (SSSR count). The van der Waals surface area contributed by atoms with Gasteiger partial charge in [0, 0.05) is 12.6 Å². The minimum atomic E-state index is 0.0780. The molecule has 0 radical (unpaired) electrons. The summed E-state index contributed by atoms with van der Waals surface area (Å²) in [6, 6.07) is 10.5. The molecule has 1 saturated carbocycles. The molecule has 0 bridgehead atoms. The van der Waals surface area contributed by atoms with E-state index >= 15 is 0 Å². The maximum absolute atomic E-state index is 11.8. The van der Waals surface area contributed by atoms with Crippen LogP contribution < -0.4 is 10.6 Å². The highest BCUT2D eigenvalue weighted by atomic mass is 16.1. The van der Waals surface area contributed by atoms with Crippen LogP contribution in [0.1, 0.15) is 18.4 Å². The van der Waals surface area contributed by atoms with Crippen molar-refractivity contribution in [3.63, 3.8) is 0 Å². The summed E-state index contributed by atoms with van der Waals surface area (Å²) in [4.78, 5) is 11.8. The van der Waals surface area contributed by atoms with Crippen LogP contribution in [0.5, 0.6) is 0 Å². The van der Waals surface area contributed by atoms with E-state index in [1.54, 1.807) is 0 Å². The first kappa shape index (κ1) is 12.4. The van der Waals surface area contributed by atoms with Crippen LogP contribution >= 0.6 is 0 Å². The summed E-state index contributed by atoms with van der Waals surface area (Å²) < 4.78 is 0. The van der Waals surface area contributed by atoms with Crippen LogP contribution in [0, 0.1) is 11.8 Å². The number of carbonyl (C=O) groups is 1. The minimum absolute atomic E-state index is 0.0780. The Bertz CT molecular complexity index is 469. The molecule has 1 fully saturated rings. The van der Waals surface area contributed by atoms with Gasteiger partial charge >= 0.3 is 0 Å². The zero-order valence-corrected chi connectivity index (χ0v) is 11.0. The Hall–Kier alpha value is -1.61. The third-order valence-electron chi connectivity index (χ3n) is 4.22. The van der Waals surface area contributed by atoms with Crippen molar-refractivity contribution in [2.75, 3.05) is 6.54 Å². The number of rotatable bonds is 5. The maximum atomic E-state index is 11.8. The Morgan fingerprint density at radius 2 is 2.11 bits per heavy atom. The lowest BCUT2D eigenvalue weighted by molar-refractivity contribution is -0.120. The lowest BCUT2D eigenvalue weighted by Gasteiger charge is -2.40. The van der Waals surface area contributed by atoms with Crippen molar-refractivity contribution in [3.8, 4) is 0 Å². The number of hydrogen-bond donors (Lipinski definition) is 2. The normalized spacial score (nSPS) is 27.7. The molecule has 0 heterocycles. The molecule has 100 valence electrons. The molecule has 2 aliphatic carbocycles. The highest BCUT2D eigenvalue weighted by molar-refractivity contribution is 5.78. The van der Waals surface area contributed by atoms with E-state index in [0.29, 0.717) is 25.0 Å². The second-order valence-electron chi connectivity index (χ2n) is 5.49. The quantitative estimate of drug-likeness (QED) is 0.790. The average molecular weight is 256 g/mol. The van der Waals surface area contributed by atoms with E-state index < -0.39 is 0 Å². The summed E-state index contributed by atoms with van der Waals surface area (Å²) in [5, 5.41) is 6.31. The third-order valence-corrected chi connectivity index (χ3v) is 4.22. The summed E-state index contributed by atoms with van der Waals surface area (Å²) in [6.07, 6.45) is 7.01. The zero-order chi connectivity index (χ0) is 13.1. The summed E-state index contributed by atoms with van der Waals surface area (Å²) in [5.41, 5.74) is 1.14. The molecule has 0 aliphatic heterocycles. The van der Waals surface area contributed by atoms with Crippen molar-refractivity contribution in [2.45, 2.75) is 25.4 Å². The van der Waals surface area contributed by atoms with Crippen LogP contribution in [0.4, 0.5) is 0 Å². The van der Waals surface area contributed by atoms with Gasteiger partial charge in [-0.05, 0) is 30.2 Å². The second kappa shape index (κ2) is 5.57. The first-order valence-electron chi connectivity index (χ1n) is 7.03. The standard InChI is InChI=1S/C16H20N2O/c19-16(18-10-12-5-2-1-3-6-12)11-17-15-9-13-7-4-8-14(13)15/h1-6,8,13-15,17H,7,9-11H2,(H,18,19). The van der Waals surface area contributed by atoms with Crippen LogP contribution in [0.15, 0.2) is 42.5 Å². The molecule has 3 atom stereocenters. The zero-order valence-electron chi connectivity index (χ0n) is 11.0. The largest absolute Gasteiger partial charge is 0.351 e. The summed E-state index contributed by atoms with van der Waals surface area (Å²) in [7, 11) is 0. The fourth-order valence-electron chi connectivity index (χ4n) is 3.03. The predicted octanol–water partition coefficient (Wildman–Crippen LogP) is 1.86. The van der Waals surface area contributed by atoms with Crippen LogP contribution in [0.25, 0.3) is 0 Å². The smallest absolute Gasteiger partial charge is 0.234 e. The number of fused-ring (bicyclic) bond motifs is 1. The predicted molar refractivity (Wildman–Crippen MR) is 75.4 cm³/mol. The van der Waals surface area contributed by atoms with Gasteiger partial charge in [0.05, 0.1) is 6.54 Å². The first-order valence-corrected chi connectivity index (χ1v) is 7.03. The van der Waals surface area contributed by atoms with Crippen molar-refractivity contribution < 1.29 is 4.79 Å². The van der Waals surface area contributed by atoms with E-state index in [1.807, 2.05) is 30.3 Å². The van der Waals surface area contributed by atoms with Gasteiger partial charge in [0.25, 0.3) is 0 Å². The van der Waals surface area contributed by atoms with E-state index in [2.05, 4.69) is 22.8 Å². The molecule has 3 heteroatoms. The van der Waals surface area contributed by atoms with Crippen LogP contribution in [0.2, 0.25) is 0 Å². The number of hydrogen-bond acceptors (Lipinski definition) is 2. The van der Waals surface area contributed by atoms with Gasteiger partial charge in [-0.1, -0.05) is 42.5 Å². The van der Waals surface area contributed by atoms with Crippen molar-refractivity contribution in [2.24, 2.45) is 11.8 Å². The molecular formula is C16H20N2O. The van der Waals surface area contributed by atoms with Gasteiger partial charge in [-0.2, -0.15) is 0 Å². The van der Waals surface area contributed by atoms with Crippen molar-refractivity contribution >= 4 is 5.91 Å². The topological polar surface area (TPSA) is 41.1 Å². The Labute approximate surface area is 114 Å². The highest BCUT2D eigenvalue weighted by Gasteiger charge is 2.40. The lowest BCUT2D eigenvalue weighted by atomic mass is 9.71. The van der Waals surface area contributed by atoms with Gasteiger partial charge in [-0.3, -0.25) is 4.79 Å². The molecule has 2 N–H and O–H groups in total. The second-order valence-corrected chi connectivity index (χ2v) is 5.49. The van der Waals surface area contributed by atoms with Gasteiger partial charge in [-0.25, -0.2) is 0 Å². The monoisotopic (exact) mass is 256 g/mol. The molecule has 1 aromatic rings. The van der Waals surface area contributed by atoms with E-state index in [1.165, 1.54) is 12.8 Å². The van der Waals surface area contributed by atoms with Crippen molar-refractivity contribution in [3.05, 3.63) is 48.0 Å². The molecule has 2 aliphatic rings. The molecule has 1 amide bonds. The SMILES string of the molecule is O=C(CNC1CC2CC=CC21)NCc1ccccc1. The minimum Gasteiger partial charge on any atom is -0.351 e. The molecule has 19 heavy (non-hydrogen) atoms. The fourth-order valence-corrected chi connectivity index (χ4v) is 3.03. The molecule has 0 aromatic heterocycles. The summed E-state index contributed by atoms with van der Waals surface area (Å²) >= 11 is 0. The van der Waals surface area contributed by atoms with Crippen molar-refractivity contribution in [1.29, 1.82) is 0 Å². The van der Waals surface area contributed by atoms with Gasteiger partial charge in [0.15, 0.2) is 0 Å². The van der Waals surface area contributed by atoms with Crippen LogP contribution in [-0.4, -0.2) is 18.5 Å². The molecule has 0 saturated heterocycles. The number of benzene rings is 1. The number of amides is 1. The Kier molecular flexibility index (Phi) is 3.65. The number of allylic oxidation sites excluding steroid dienone is 1. The van der Waals surface area contributed by atoms with Gasteiger partial charge in [-0.15, -0.1) is 0 Å². The van der Waals surface area contributed by atoms with Crippen molar-refractivity contribution in [1.82, 2.24) is 10.6 Å². The maximum Gasteiger partial charge on any atom is 0.234 e. The average Bonchev–Trinajstić information content (AvgIpc) is 2.79. The van der Waals surface area contributed by atoms with Crippen LogP contribution in [0.3, 0.4) is 0 Å². The Morgan fingerprint density at radius 3 is 2.89 bits per heavy atom. The summed E-state index contributed by atoms with van der Waals surface area (Å²) in [6.45, 7) is 1.03. The molecule has 0 spiro atoms. The Balaban J connectivity index is 1.37. The van der Waals surface area contributed by atoms with Gasteiger partial charge in [0.2, 0.25) is 5.91 Å². The van der Waals surface area contributed by atoms with Gasteiger partial charge < -0.3 is 10.6 Å². The fraction of sp³-hybridized carbons (Fsp3) is 0.438. The summed E-state index contributed by atoms with van der Waals surface area (Å²) in [5.74, 6) is 1.58. The van der Waals surface area contributed by atoms with E-state index in [-0.39, 0.29) is 5.91 Å². The lowest BCUT2D eigenvalue weighted by Crippen LogP contribution is -2.50. The number of carbonyl (C=O) groups excluding carboxylic acids is 1.